The van der Waals surface area contributed by atoms with Gasteiger partial charge >= 0.3 is 0 Å². The molecule has 25 heavy (non-hydrogen) atoms. The van der Waals surface area contributed by atoms with Gasteiger partial charge in [-0.1, -0.05) is 6.07 Å². The number of piperidine rings is 1. The lowest BCUT2D eigenvalue weighted by molar-refractivity contribution is -0.149. The topological polar surface area (TPSA) is 75.7 Å². The van der Waals surface area contributed by atoms with Crippen molar-refractivity contribution < 1.29 is 22.4 Å². The number of hydroxylamine groups is 2. The van der Waals surface area contributed by atoms with Crippen LogP contribution >= 0.6 is 0 Å². The largest absolute Gasteiger partial charge is 0.352 e. The molecule has 8 heteroatoms. The molecule has 1 aliphatic heterocycles. The van der Waals surface area contributed by atoms with E-state index in [2.05, 4.69) is 5.32 Å². The number of sulfone groups is 1. The lowest BCUT2D eigenvalue weighted by Crippen LogP contribution is -2.35. The molecule has 0 atom stereocenters. The molecule has 140 valence electrons. The van der Waals surface area contributed by atoms with Crippen LogP contribution in [0.2, 0.25) is 0 Å². The molecule has 0 unspecified atom stereocenters. The number of amides is 1. The first-order chi connectivity index (χ1) is 11.8. The lowest BCUT2D eigenvalue weighted by Gasteiger charge is -2.29. The normalized spacial score (nSPS) is 16.8. The molecule has 0 bridgehead atoms. The smallest absolute Gasteiger partial charge is 0.220 e. The molecule has 0 spiro atoms. The number of benzene rings is 1. The fraction of sp³-hybridized carbons (Fsp3) is 0.588. The van der Waals surface area contributed by atoms with E-state index in [9.17, 15) is 17.6 Å². The van der Waals surface area contributed by atoms with Crippen molar-refractivity contribution in [3.05, 3.63) is 35.1 Å². The summed E-state index contributed by atoms with van der Waals surface area (Å²) < 4.78 is 36.5. The summed E-state index contributed by atoms with van der Waals surface area (Å²) in [6, 6.07) is 3.96. The van der Waals surface area contributed by atoms with Crippen LogP contribution in [-0.4, -0.2) is 45.8 Å². The summed E-state index contributed by atoms with van der Waals surface area (Å²) in [5, 5.41) is 4.65. The molecule has 0 saturated carbocycles. The molecule has 1 aromatic rings. The third-order valence-corrected chi connectivity index (χ3v) is 5.20. The molecule has 1 N–H and O–H groups in total. The zero-order chi connectivity index (χ0) is 18.4. The molecule has 1 saturated heterocycles. The first kappa shape index (κ1) is 19.8. The van der Waals surface area contributed by atoms with Crippen LogP contribution in [0.25, 0.3) is 0 Å². The molecular formula is C17H25FN2O4S. The number of halogens is 1. The Bertz CT molecular complexity index is 701. The molecule has 1 aromatic carbocycles. The molecule has 0 aromatic heterocycles. The van der Waals surface area contributed by atoms with Crippen LogP contribution in [0.4, 0.5) is 4.39 Å². The van der Waals surface area contributed by atoms with E-state index in [4.69, 9.17) is 4.84 Å². The second-order valence-corrected chi connectivity index (χ2v) is 8.66. The Kier molecular flexibility index (Phi) is 6.92. The maximum Gasteiger partial charge on any atom is 0.220 e. The SMILES string of the molecule is CON1CCC(CC(=O)NCc2cc(F)ccc2CS(C)(=O)=O)CC1. The van der Waals surface area contributed by atoms with E-state index in [1.165, 1.54) is 18.2 Å². The first-order valence-electron chi connectivity index (χ1n) is 8.27. The number of hydrogen-bond acceptors (Lipinski definition) is 5. The van der Waals surface area contributed by atoms with Crippen molar-refractivity contribution in [3.63, 3.8) is 0 Å². The molecule has 1 amide bonds. The number of rotatable bonds is 7. The Balaban J connectivity index is 1.90. The van der Waals surface area contributed by atoms with Crippen LogP contribution in [-0.2, 0) is 31.8 Å². The van der Waals surface area contributed by atoms with E-state index in [1.807, 2.05) is 5.06 Å². The number of hydrogen-bond donors (Lipinski definition) is 1. The summed E-state index contributed by atoms with van der Waals surface area (Å²) in [4.78, 5) is 17.3. The van der Waals surface area contributed by atoms with E-state index in [0.29, 0.717) is 23.5 Å². The van der Waals surface area contributed by atoms with Crippen molar-refractivity contribution in [1.82, 2.24) is 10.4 Å². The summed E-state index contributed by atoms with van der Waals surface area (Å²) in [6.07, 6.45) is 3.32. The highest BCUT2D eigenvalue weighted by Gasteiger charge is 2.21. The zero-order valence-corrected chi connectivity index (χ0v) is 15.4. The molecule has 0 radical (unpaired) electrons. The number of nitrogens with zero attached hydrogens (tertiary/aromatic N) is 1. The Morgan fingerprint density at radius 1 is 1.32 bits per heavy atom. The van der Waals surface area contributed by atoms with Gasteiger partial charge in [-0.15, -0.1) is 0 Å². The number of carbonyl (C=O) groups excluding carboxylic acids is 1. The van der Waals surface area contributed by atoms with Gasteiger partial charge in [-0.05, 0) is 42.0 Å². The average molecular weight is 372 g/mol. The Labute approximate surface area is 148 Å². The second-order valence-electron chi connectivity index (χ2n) is 6.52. The lowest BCUT2D eigenvalue weighted by atomic mass is 9.94. The molecule has 6 nitrogen and oxygen atoms in total. The van der Waals surface area contributed by atoms with Gasteiger partial charge in [0.05, 0.1) is 12.9 Å². The van der Waals surface area contributed by atoms with E-state index < -0.39 is 15.7 Å². The van der Waals surface area contributed by atoms with Crippen molar-refractivity contribution in [2.24, 2.45) is 5.92 Å². The van der Waals surface area contributed by atoms with Crippen LogP contribution in [0.5, 0.6) is 0 Å². The Morgan fingerprint density at radius 2 is 2.00 bits per heavy atom. The van der Waals surface area contributed by atoms with Gasteiger partial charge in [0.2, 0.25) is 5.91 Å². The fourth-order valence-electron chi connectivity index (χ4n) is 3.01. The van der Waals surface area contributed by atoms with E-state index in [-0.39, 0.29) is 18.2 Å². The minimum absolute atomic E-state index is 0.106. The summed E-state index contributed by atoms with van der Waals surface area (Å²) in [7, 11) is -1.59. The second kappa shape index (κ2) is 8.73. The minimum atomic E-state index is -3.23. The minimum Gasteiger partial charge on any atom is -0.352 e. The van der Waals surface area contributed by atoms with Gasteiger partial charge in [-0.25, -0.2) is 12.8 Å². The van der Waals surface area contributed by atoms with E-state index >= 15 is 0 Å². The van der Waals surface area contributed by atoms with Crippen molar-refractivity contribution in [1.29, 1.82) is 0 Å². The predicted octanol–water partition coefficient (Wildman–Crippen LogP) is 1.65. The summed E-state index contributed by atoms with van der Waals surface area (Å²) >= 11 is 0. The van der Waals surface area contributed by atoms with Crippen molar-refractivity contribution >= 4 is 15.7 Å². The van der Waals surface area contributed by atoms with Gasteiger partial charge in [-0.3, -0.25) is 4.79 Å². The zero-order valence-electron chi connectivity index (χ0n) is 14.6. The summed E-state index contributed by atoms with van der Waals surface area (Å²) in [6.45, 7) is 1.73. The summed E-state index contributed by atoms with van der Waals surface area (Å²) in [5.74, 6) is -0.429. The molecule has 1 aliphatic rings. The Hall–Kier alpha value is -1.51. The van der Waals surface area contributed by atoms with Crippen molar-refractivity contribution in [2.75, 3.05) is 26.5 Å². The van der Waals surface area contributed by atoms with Gasteiger partial charge < -0.3 is 10.2 Å². The van der Waals surface area contributed by atoms with Crippen LogP contribution in [0, 0.1) is 11.7 Å². The highest BCUT2D eigenvalue weighted by atomic mass is 32.2. The van der Waals surface area contributed by atoms with Gasteiger partial charge in [-0.2, -0.15) is 5.06 Å². The van der Waals surface area contributed by atoms with Crippen LogP contribution in [0.1, 0.15) is 30.4 Å². The Morgan fingerprint density at radius 3 is 2.60 bits per heavy atom. The van der Waals surface area contributed by atoms with Crippen LogP contribution < -0.4 is 5.32 Å². The van der Waals surface area contributed by atoms with E-state index in [0.717, 1.165) is 32.2 Å². The third-order valence-electron chi connectivity index (χ3n) is 4.37. The highest BCUT2D eigenvalue weighted by molar-refractivity contribution is 7.89. The first-order valence-corrected chi connectivity index (χ1v) is 10.3. The standard InChI is InChI=1S/C17H25FN2O4S/c1-24-20-7-5-13(6-8-20)9-17(21)19-11-15-10-16(18)4-3-14(15)12-25(2,22)23/h3-4,10,13H,5-9,11-12H2,1-2H3,(H,19,21). The highest BCUT2D eigenvalue weighted by Crippen LogP contribution is 2.20. The van der Waals surface area contributed by atoms with Gasteiger partial charge in [0.15, 0.2) is 9.84 Å². The van der Waals surface area contributed by atoms with Gasteiger partial charge in [0.25, 0.3) is 0 Å². The number of nitrogens with one attached hydrogen (secondary N) is 1. The predicted molar refractivity (Wildman–Crippen MR) is 92.7 cm³/mol. The molecular weight excluding hydrogens is 347 g/mol. The monoisotopic (exact) mass is 372 g/mol. The van der Waals surface area contributed by atoms with E-state index in [1.54, 1.807) is 7.11 Å². The maximum atomic E-state index is 13.5. The number of carbonyl (C=O) groups is 1. The van der Waals surface area contributed by atoms with Crippen molar-refractivity contribution in [2.45, 2.75) is 31.6 Å². The van der Waals surface area contributed by atoms with Crippen LogP contribution in [0.15, 0.2) is 18.2 Å². The van der Waals surface area contributed by atoms with Crippen LogP contribution in [0.3, 0.4) is 0 Å². The average Bonchev–Trinajstić information content (AvgIpc) is 2.54. The van der Waals surface area contributed by atoms with Crippen molar-refractivity contribution in [3.8, 4) is 0 Å². The maximum absolute atomic E-state index is 13.5. The third kappa shape index (κ3) is 6.72. The molecule has 1 fully saturated rings. The van der Waals surface area contributed by atoms with Gasteiger partial charge in [0.1, 0.15) is 5.82 Å². The molecule has 1 heterocycles. The molecule has 0 aliphatic carbocycles. The van der Waals surface area contributed by atoms with Gasteiger partial charge in [0, 0.05) is 32.3 Å². The summed E-state index contributed by atoms with van der Waals surface area (Å²) in [5.41, 5.74) is 1.01. The fourth-order valence-corrected chi connectivity index (χ4v) is 3.85. The quantitative estimate of drug-likeness (QED) is 0.788. The molecule has 2 rings (SSSR count).